The molecule has 0 bridgehead atoms. The number of hydrogen-bond acceptors (Lipinski definition) is 3. The zero-order valence-electron chi connectivity index (χ0n) is 13.1. The van der Waals surface area contributed by atoms with Gasteiger partial charge in [0.2, 0.25) is 15.9 Å². The standard InChI is InChI=1S/C17H17FN2O3S/c1-20-16-8-7-14(10-12(16)6-9-17(20)21)19-24(22,23)11-13-4-2-3-5-15(13)18/h2-5,7-8,10,19H,6,9,11H2,1H3. The summed E-state index contributed by atoms with van der Waals surface area (Å²) in [6, 6.07) is 10.8. The number of anilines is 2. The summed E-state index contributed by atoms with van der Waals surface area (Å²) in [5.41, 5.74) is 2.22. The number of rotatable bonds is 4. The minimum Gasteiger partial charge on any atom is -0.315 e. The van der Waals surface area contributed by atoms with Crippen LogP contribution < -0.4 is 9.62 Å². The second-order valence-corrected chi connectivity index (χ2v) is 7.47. The van der Waals surface area contributed by atoms with Gasteiger partial charge in [-0.3, -0.25) is 9.52 Å². The average molecular weight is 348 g/mol. The first-order valence-corrected chi connectivity index (χ1v) is 9.14. The van der Waals surface area contributed by atoms with Gasteiger partial charge in [0.25, 0.3) is 0 Å². The summed E-state index contributed by atoms with van der Waals surface area (Å²) in [5.74, 6) is -0.946. The number of fused-ring (bicyclic) bond motifs is 1. The molecular weight excluding hydrogens is 331 g/mol. The van der Waals surface area contributed by atoms with Gasteiger partial charge in [-0.2, -0.15) is 0 Å². The van der Waals surface area contributed by atoms with Crippen LogP contribution in [0.1, 0.15) is 17.5 Å². The van der Waals surface area contributed by atoms with Crippen molar-refractivity contribution in [2.45, 2.75) is 18.6 Å². The molecule has 0 aliphatic carbocycles. The van der Waals surface area contributed by atoms with E-state index in [0.29, 0.717) is 18.5 Å². The van der Waals surface area contributed by atoms with Gasteiger partial charge >= 0.3 is 0 Å². The number of hydrogen-bond donors (Lipinski definition) is 1. The molecule has 1 heterocycles. The summed E-state index contributed by atoms with van der Waals surface area (Å²) in [6.07, 6.45) is 0.969. The van der Waals surface area contributed by atoms with Gasteiger partial charge in [0, 0.05) is 30.4 Å². The first-order chi connectivity index (χ1) is 11.4. The molecule has 3 rings (SSSR count). The fraction of sp³-hybridized carbons (Fsp3) is 0.235. The van der Waals surface area contributed by atoms with Gasteiger partial charge < -0.3 is 4.90 Å². The summed E-state index contributed by atoms with van der Waals surface area (Å²) >= 11 is 0. The largest absolute Gasteiger partial charge is 0.315 e. The molecule has 0 saturated carbocycles. The summed E-state index contributed by atoms with van der Waals surface area (Å²) in [7, 11) is -2.03. The monoisotopic (exact) mass is 348 g/mol. The van der Waals surface area contributed by atoms with Crippen LogP contribution >= 0.6 is 0 Å². The number of nitrogens with one attached hydrogen (secondary N) is 1. The molecule has 1 amide bonds. The highest BCUT2D eigenvalue weighted by Crippen LogP contribution is 2.29. The fourth-order valence-corrected chi connectivity index (χ4v) is 3.96. The topological polar surface area (TPSA) is 66.5 Å². The highest BCUT2D eigenvalue weighted by Gasteiger charge is 2.22. The van der Waals surface area contributed by atoms with Crippen LogP contribution in [0.4, 0.5) is 15.8 Å². The van der Waals surface area contributed by atoms with E-state index < -0.39 is 21.6 Å². The molecule has 1 aliphatic rings. The van der Waals surface area contributed by atoms with E-state index in [2.05, 4.69) is 4.72 Å². The molecule has 7 heteroatoms. The lowest BCUT2D eigenvalue weighted by atomic mass is 10.0. The summed E-state index contributed by atoms with van der Waals surface area (Å²) in [4.78, 5) is 13.3. The third-order valence-corrected chi connectivity index (χ3v) is 5.24. The number of sulfonamides is 1. The number of amides is 1. The minimum atomic E-state index is -3.73. The Morgan fingerprint density at radius 2 is 1.92 bits per heavy atom. The predicted molar refractivity (Wildman–Crippen MR) is 90.8 cm³/mol. The van der Waals surface area contributed by atoms with Crippen molar-refractivity contribution in [3.63, 3.8) is 0 Å². The second-order valence-electron chi connectivity index (χ2n) is 5.75. The maximum atomic E-state index is 13.6. The average Bonchev–Trinajstić information content (AvgIpc) is 2.53. The Balaban J connectivity index is 1.81. The van der Waals surface area contributed by atoms with Crippen LogP contribution in [0.2, 0.25) is 0 Å². The van der Waals surface area contributed by atoms with Gasteiger partial charge in [-0.05, 0) is 36.2 Å². The molecule has 1 N–H and O–H groups in total. The van der Waals surface area contributed by atoms with Crippen molar-refractivity contribution in [1.82, 2.24) is 0 Å². The van der Waals surface area contributed by atoms with Gasteiger partial charge in [-0.1, -0.05) is 18.2 Å². The smallest absolute Gasteiger partial charge is 0.237 e. The van der Waals surface area contributed by atoms with Gasteiger partial charge in [0.1, 0.15) is 5.82 Å². The van der Waals surface area contributed by atoms with E-state index >= 15 is 0 Å². The molecular formula is C17H17FN2O3S. The lowest BCUT2D eigenvalue weighted by molar-refractivity contribution is -0.118. The van der Waals surface area contributed by atoms with Crippen molar-refractivity contribution < 1.29 is 17.6 Å². The number of benzene rings is 2. The molecule has 0 saturated heterocycles. The Hall–Kier alpha value is -2.41. The molecule has 0 unspecified atom stereocenters. The molecule has 1 aliphatic heterocycles. The van der Waals surface area contributed by atoms with Gasteiger partial charge in [-0.25, -0.2) is 12.8 Å². The van der Waals surface area contributed by atoms with Crippen LogP contribution in [-0.2, 0) is 27.0 Å². The molecule has 0 atom stereocenters. The van der Waals surface area contributed by atoms with E-state index in [1.54, 1.807) is 36.2 Å². The van der Waals surface area contributed by atoms with Crippen molar-refractivity contribution in [3.05, 3.63) is 59.4 Å². The molecule has 0 fully saturated rings. The summed E-state index contributed by atoms with van der Waals surface area (Å²) in [5, 5.41) is 0. The number of nitrogens with zero attached hydrogens (tertiary/aromatic N) is 1. The Morgan fingerprint density at radius 1 is 1.17 bits per heavy atom. The Bertz CT molecular complexity index is 896. The van der Waals surface area contributed by atoms with Crippen LogP contribution in [0.25, 0.3) is 0 Å². The minimum absolute atomic E-state index is 0.0374. The van der Waals surface area contributed by atoms with Crippen LogP contribution in [0.5, 0.6) is 0 Å². The molecule has 126 valence electrons. The zero-order valence-corrected chi connectivity index (χ0v) is 13.9. The SMILES string of the molecule is CN1C(=O)CCc2cc(NS(=O)(=O)Cc3ccccc3F)ccc21. The molecule has 24 heavy (non-hydrogen) atoms. The van der Waals surface area contributed by atoms with Crippen LogP contribution in [-0.4, -0.2) is 21.4 Å². The lowest BCUT2D eigenvalue weighted by Gasteiger charge is -2.26. The molecule has 0 spiro atoms. The number of halogens is 1. The zero-order chi connectivity index (χ0) is 17.3. The van der Waals surface area contributed by atoms with Crippen molar-refractivity contribution in [2.75, 3.05) is 16.7 Å². The van der Waals surface area contributed by atoms with E-state index in [4.69, 9.17) is 0 Å². The third-order valence-electron chi connectivity index (χ3n) is 4.00. The summed E-state index contributed by atoms with van der Waals surface area (Å²) in [6.45, 7) is 0. The van der Waals surface area contributed by atoms with Gasteiger partial charge in [0.15, 0.2) is 0 Å². The van der Waals surface area contributed by atoms with Gasteiger partial charge in [-0.15, -0.1) is 0 Å². The number of carbonyl (C=O) groups is 1. The Labute approximate surface area is 140 Å². The van der Waals surface area contributed by atoms with E-state index in [1.165, 1.54) is 18.2 Å². The quantitative estimate of drug-likeness (QED) is 0.924. The number of carbonyl (C=O) groups excluding carboxylic acids is 1. The van der Waals surface area contributed by atoms with Crippen LogP contribution in [0, 0.1) is 5.82 Å². The highest BCUT2D eigenvalue weighted by atomic mass is 32.2. The van der Waals surface area contributed by atoms with Crippen LogP contribution in [0.15, 0.2) is 42.5 Å². The first kappa shape index (κ1) is 16.4. The first-order valence-electron chi connectivity index (χ1n) is 7.49. The highest BCUT2D eigenvalue weighted by molar-refractivity contribution is 7.91. The molecule has 0 aromatic heterocycles. The second kappa shape index (κ2) is 6.24. The predicted octanol–water partition coefficient (Wildman–Crippen LogP) is 2.68. The number of aryl methyl sites for hydroxylation is 1. The van der Waals surface area contributed by atoms with E-state index in [1.807, 2.05) is 0 Å². The fourth-order valence-electron chi connectivity index (χ4n) is 2.76. The van der Waals surface area contributed by atoms with E-state index in [-0.39, 0.29) is 11.5 Å². The van der Waals surface area contributed by atoms with Crippen molar-refractivity contribution in [3.8, 4) is 0 Å². The van der Waals surface area contributed by atoms with Crippen LogP contribution in [0.3, 0.4) is 0 Å². The lowest BCUT2D eigenvalue weighted by Crippen LogP contribution is -2.31. The Morgan fingerprint density at radius 3 is 2.67 bits per heavy atom. The van der Waals surface area contributed by atoms with Crippen molar-refractivity contribution >= 4 is 27.3 Å². The van der Waals surface area contributed by atoms with E-state index in [9.17, 15) is 17.6 Å². The Kier molecular flexibility index (Phi) is 4.28. The normalized spacial score (nSPS) is 14.4. The molecule has 2 aromatic carbocycles. The molecule has 2 aromatic rings. The van der Waals surface area contributed by atoms with Crippen molar-refractivity contribution in [1.29, 1.82) is 0 Å². The molecule has 5 nitrogen and oxygen atoms in total. The van der Waals surface area contributed by atoms with Gasteiger partial charge in [0.05, 0.1) is 5.75 Å². The maximum absolute atomic E-state index is 13.6. The van der Waals surface area contributed by atoms with Crippen molar-refractivity contribution in [2.24, 2.45) is 0 Å². The third kappa shape index (κ3) is 3.41. The molecule has 0 radical (unpaired) electrons. The van der Waals surface area contributed by atoms with E-state index in [0.717, 1.165) is 11.3 Å². The summed E-state index contributed by atoms with van der Waals surface area (Å²) < 4.78 is 40.6. The maximum Gasteiger partial charge on any atom is 0.237 e.